The molecular weight excluding hydrogens is 565 g/mol. The van der Waals surface area contributed by atoms with E-state index >= 15 is 0 Å². The van der Waals surface area contributed by atoms with Gasteiger partial charge in [0.15, 0.2) is 17.3 Å². The van der Waals surface area contributed by atoms with Crippen molar-refractivity contribution >= 4 is 38.5 Å². The van der Waals surface area contributed by atoms with Gasteiger partial charge in [-0.15, -0.1) is 0 Å². The number of carboxylic acids is 1. The van der Waals surface area contributed by atoms with Gasteiger partial charge >= 0.3 is 5.97 Å². The maximum Gasteiger partial charge on any atom is 0.341 e. The van der Waals surface area contributed by atoms with Gasteiger partial charge in [-0.1, -0.05) is 0 Å². The van der Waals surface area contributed by atoms with Gasteiger partial charge in [-0.25, -0.2) is 36.5 Å². The lowest BCUT2D eigenvalue weighted by Gasteiger charge is -2.22. The zero-order valence-electron chi connectivity index (χ0n) is 21.0. The molecule has 41 heavy (non-hydrogen) atoms. The number of halogens is 3. The normalized spacial score (nSPS) is 19.4. The molecule has 1 saturated carbocycles. The molecule has 0 radical (unpaired) electrons. The second-order valence-corrected chi connectivity index (χ2v) is 11.3. The Bertz CT molecular complexity index is 1850. The van der Waals surface area contributed by atoms with Gasteiger partial charge in [-0.2, -0.15) is 0 Å². The van der Waals surface area contributed by atoms with Gasteiger partial charge in [0.2, 0.25) is 15.5 Å². The summed E-state index contributed by atoms with van der Waals surface area (Å²) >= 11 is 0. The summed E-state index contributed by atoms with van der Waals surface area (Å²) in [5.74, 6) is -3.70. The summed E-state index contributed by atoms with van der Waals surface area (Å²) < 4.78 is 65.1. The van der Waals surface area contributed by atoms with Crippen molar-refractivity contribution in [2.75, 3.05) is 23.7 Å². The fourth-order valence-corrected chi connectivity index (χ4v) is 5.37. The van der Waals surface area contributed by atoms with Gasteiger partial charge in [-0.3, -0.25) is 9.36 Å². The first-order valence-electron chi connectivity index (χ1n) is 12.1. The fourth-order valence-electron chi connectivity index (χ4n) is 4.85. The lowest BCUT2D eigenvalue weighted by atomic mass is 10.1. The maximum atomic E-state index is 14.8. The molecule has 2 aromatic heterocycles. The fraction of sp³-hybridized carbons (Fsp3) is 0.192. The molecule has 0 bridgehead atoms. The van der Waals surface area contributed by atoms with Crippen LogP contribution in [0, 0.1) is 29.3 Å². The lowest BCUT2D eigenvalue weighted by Crippen LogP contribution is -2.30. The Labute approximate surface area is 230 Å². The predicted molar refractivity (Wildman–Crippen MR) is 144 cm³/mol. The van der Waals surface area contributed by atoms with Crippen molar-refractivity contribution in [2.24, 2.45) is 22.7 Å². The number of nitrogen functional groups attached to an aromatic ring is 1. The number of piperidine rings is 1. The number of hydrogen-bond acceptors (Lipinski definition) is 8. The van der Waals surface area contributed by atoms with E-state index in [0.29, 0.717) is 24.8 Å². The molecule has 0 spiro atoms. The van der Waals surface area contributed by atoms with Gasteiger partial charge < -0.3 is 21.5 Å². The summed E-state index contributed by atoms with van der Waals surface area (Å²) in [6, 6.07) is 9.40. The maximum absolute atomic E-state index is 14.8. The Kier molecular flexibility index (Phi) is 6.97. The van der Waals surface area contributed by atoms with Gasteiger partial charge in [0, 0.05) is 37.1 Å². The van der Waals surface area contributed by atoms with Crippen molar-refractivity contribution in [1.29, 1.82) is 0 Å². The average Bonchev–Trinajstić information content (AvgIpc) is 3.28. The van der Waals surface area contributed by atoms with Crippen LogP contribution in [0.15, 0.2) is 64.4 Å². The quantitative estimate of drug-likeness (QED) is 0.258. The van der Waals surface area contributed by atoms with Crippen LogP contribution in [0.4, 0.5) is 24.7 Å². The topological polar surface area (TPSA) is 188 Å². The number of nitrogens with two attached hydrogens (primary N) is 3. The van der Waals surface area contributed by atoms with Gasteiger partial charge in [-0.05, 0) is 54.3 Å². The molecule has 3 heterocycles. The minimum atomic E-state index is -3.58. The first kappa shape index (κ1) is 28.1. The zero-order valence-corrected chi connectivity index (χ0v) is 21.9. The van der Waals surface area contributed by atoms with Crippen LogP contribution < -0.4 is 26.9 Å². The number of anilines is 2. The molecule has 2 aromatic carbocycles. The number of pyridine rings is 2. The number of carbonyl (C=O) groups is 1. The van der Waals surface area contributed by atoms with Crippen molar-refractivity contribution in [3.8, 4) is 5.69 Å². The highest BCUT2D eigenvalue weighted by Crippen LogP contribution is 2.45. The number of fused-ring (bicyclic) bond motifs is 2. The van der Waals surface area contributed by atoms with Crippen molar-refractivity contribution < 1.29 is 31.5 Å². The molecule has 11 nitrogen and oxygen atoms in total. The standard InChI is InChI=1S/C20H15F3N4O3.C6H8N2O2S/c21-8-1-2-15(13(22)3-8)27-7-12(20(29)30)17(28)9-4-14(23)19(25-18(9)27)26-5-10-11(6-26)16(10)24;7-5-1-3-6(4-2-5)11(8,9)10/h1-4,7,10-11,16H,5-6,24H2,(H,29,30);1-4H,7H2,(H2,8,9,10)/t10-,11+,16?;. The molecule has 1 aliphatic heterocycles. The van der Waals surface area contributed by atoms with Crippen LogP contribution in [-0.4, -0.2) is 48.2 Å². The summed E-state index contributed by atoms with van der Waals surface area (Å²) in [7, 11) is -3.58. The van der Waals surface area contributed by atoms with Crippen LogP contribution in [0.1, 0.15) is 10.4 Å². The highest BCUT2D eigenvalue weighted by molar-refractivity contribution is 7.89. The second kappa shape index (κ2) is 10.2. The first-order valence-corrected chi connectivity index (χ1v) is 13.6. The van der Waals surface area contributed by atoms with Gasteiger partial charge in [0.05, 0.1) is 16.0 Å². The molecule has 6 rings (SSSR count). The number of benzene rings is 2. The van der Waals surface area contributed by atoms with Crippen LogP contribution in [0.2, 0.25) is 0 Å². The summed E-state index contributed by atoms with van der Waals surface area (Å²) in [5, 5.41) is 13.9. The number of nitrogens with zero attached hydrogens (tertiary/aromatic N) is 3. The molecular formula is C26H23F3N6O5S. The summed E-state index contributed by atoms with van der Waals surface area (Å²) in [6.07, 6.45) is 0.912. The zero-order chi connectivity index (χ0) is 29.8. The summed E-state index contributed by atoms with van der Waals surface area (Å²) in [5.41, 5.74) is 9.79. The van der Waals surface area contributed by atoms with E-state index in [9.17, 15) is 36.3 Å². The molecule has 7 N–H and O–H groups in total. The Morgan fingerprint density at radius 2 is 1.63 bits per heavy atom. The van der Waals surface area contributed by atoms with Crippen LogP contribution >= 0.6 is 0 Å². The molecule has 1 aliphatic carbocycles. The molecule has 1 saturated heterocycles. The predicted octanol–water partition coefficient (Wildman–Crippen LogP) is 1.81. The van der Waals surface area contributed by atoms with Crippen molar-refractivity contribution in [3.63, 3.8) is 0 Å². The van der Waals surface area contributed by atoms with E-state index in [2.05, 4.69) is 4.98 Å². The number of aromatic carboxylic acids is 1. The minimum absolute atomic E-state index is 0.0272. The van der Waals surface area contributed by atoms with E-state index < -0.39 is 44.4 Å². The Morgan fingerprint density at radius 1 is 1.00 bits per heavy atom. The molecule has 3 atom stereocenters. The van der Waals surface area contributed by atoms with Crippen LogP contribution in [0.25, 0.3) is 16.7 Å². The van der Waals surface area contributed by atoms with Crippen molar-refractivity contribution in [2.45, 2.75) is 10.9 Å². The number of primary sulfonamides is 1. The van der Waals surface area contributed by atoms with E-state index in [1.807, 2.05) is 0 Å². The highest BCUT2D eigenvalue weighted by Gasteiger charge is 2.54. The van der Waals surface area contributed by atoms with Gasteiger partial charge in [0.25, 0.3) is 0 Å². The van der Waals surface area contributed by atoms with Crippen LogP contribution in [-0.2, 0) is 10.0 Å². The third-order valence-electron chi connectivity index (χ3n) is 7.08. The molecule has 2 aliphatic rings. The number of aromatic nitrogens is 2. The molecule has 4 aromatic rings. The van der Waals surface area contributed by atoms with E-state index in [1.54, 1.807) is 4.90 Å². The van der Waals surface area contributed by atoms with E-state index in [4.69, 9.17) is 16.6 Å². The Hall–Kier alpha value is -4.47. The minimum Gasteiger partial charge on any atom is -0.477 e. The first-order chi connectivity index (χ1) is 19.3. The number of sulfonamides is 1. The molecule has 1 unspecified atom stereocenters. The molecule has 15 heteroatoms. The average molecular weight is 589 g/mol. The van der Waals surface area contributed by atoms with Crippen LogP contribution in [0.5, 0.6) is 0 Å². The van der Waals surface area contributed by atoms with Crippen molar-refractivity contribution in [1.82, 2.24) is 9.55 Å². The number of carboxylic acid groups (broad SMARTS) is 1. The molecule has 0 amide bonds. The summed E-state index contributed by atoms with van der Waals surface area (Å²) in [4.78, 5) is 30.2. The smallest absolute Gasteiger partial charge is 0.341 e. The molecule has 214 valence electrons. The highest BCUT2D eigenvalue weighted by atomic mass is 32.2. The third-order valence-corrected chi connectivity index (χ3v) is 8.01. The Balaban J connectivity index is 0.000000259. The largest absolute Gasteiger partial charge is 0.477 e. The summed E-state index contributed by atoms with van der Waals surface area (Å²) in [6.45, 7) is 1.01. The number of hydrogen-bond donors (Lipinski definition) is 4. The van der Waals surface area contributed by atoms with Crippen molar-refractivity contribution in [3.05, 3.63) is 88.0 Å². The SMILES string of the molecule is NC1[C@H]2CN(c3nc4c(cc3F)c(=O)c(C(=O)O)cn4-c3ccc(F)cc3F)C[C@@H]12.Nc1ccc(S(N)(=O)=O)cc1. The van der Waals surface area contributed by atoms with Crippen LogP contribution in [0.3, 0.4) is 0 Å². The lowest BCUT2D eigenvalue weighted by molar-refractivity contribution is 0.0695. The van der Waals surface area contributed by atoms with E-state index in [-0.39, 0.29) is 45.3 Å². The monoisotopic (exact) mass is 588 g/mol. The van der Waals surface area contributed by atoms with E-state index in [0.717, 1.165) is 29.0 Å². The number of rotatable bonds is 4. The molecule has 2 fully saturated rings. The second-order valence-electron chi connectivity index (χ2n) is 9.73. The van der Waals surface area contributed by atoms with E-state index in [1.165, 1.54) is 24.3 Å². The van der Waals surface area contributed by atoms with Gasteiger partial charge in [0.1, 0.15) is 17.2 Å². The Morgan fingerprint density at radius 3 is 2.20 bits per heavy atom. The third kappa shape index (κ3) is 5.33.